The topological polar surface area (TPSA) is 42.2 Å². The van der Waals surface area contributed by atoms with Crippen LogP contribution in [0, 0.1) is 0 Å². The Morgan fingerprint density at radius 1 is 1.80 bits per heavy atom. The van der Waals surface area contributed by atoms with E-state index in [1.165, 1.54) is 0 Å². The summed E-state index contributed by atoms with van der Waals surface area (Å²) in [4.78, 5) is 9.84. The molecule has 0 aliphatic carbocycles. The largest absolute Gasteiger partial charge is 0.472 e. The van der Waals surface area contributed by atoms with Gasteiger partial charge in [-0.1, -0.05) is 0 Å². The van der Waals surface area contributed by atoms with E-state index in [9.17, 15) is 4.79 Å². The van der Waals surface area contributed by atoms with Gasteiger partial charge in [-0.25, -0.2) is 0 Å². The number of carbonyl (C=O) groups excluding carboxylic acids is 1. The van der Waals surface area contributed by atoms with Gasteiger partial charge in [-0.3, -0.25) is 4.79 Å². The average Bonchev–Trinajstić information content (AvgIpc) is 2.38. The molecule has 1 N–H and O–H groups in total. The third kappa shape index (κ3) is 1.37. The van der Waals surface area contributed by atoms with Gasteiger partial charge in [-0.15, -0.1) is 0 Å². The Hall–Kier alpha value is -1.25. The predicted molar refractivity (Wildman–Crippen MR) is 36.0 cm³/mol. The van der Waals surface area contributed by atoms with Crippen molar-refractivity contribution in [3.05, 3.63) is 24.2 Å². The Labute approximate surface area is 59.0 Å². The van der Waals surface area contributed by atoms with E-state index in [0.29, 0.717) is 0 Å². The minimum absolute atomic E-state index is 0.0174. The lowest BCUT2D eigenvalue weighted by Crippen LogP contribution is -2.14. The van der Waals surface area contributed by atoms with Gasteiger partial charge in [0.1, 0.15) is 0 Å². The maximum atomic E-state index is 9.84. The fourth-order valence-corrected chi connectivity index (χ4v) is 0.693. The predicted octanol–water partition coefficient (Wildman–Crippen LogP) is 0.997. The second kappa shape index (κ2) is 3.06. The maximum Gasteiger partial charge on any atom is 0.309 e. The summed E-state index contributed by atoms with van der Waals surface area (Å²) in [6, 6.07) is 1.78. The molecule has 0 aliphatic rings. The minimum Gasteiger partial charge on any atom is -0.472 e. The summed E-state index contributed by atoms with van der Waals surface area (Å²) in [7, 11) is 0. The molecule has 3 heteroatoms. The van der Waals surface area contributed by atoms with E-state index in [4.69, 9.17) is 4.42 Å². The Morgan fingerprint density at radius 2 is 2.60 bits per heavy atom. The van der Waals surface area contributed by atoms with Crippen LogP contribution in [0.25, 0.3) is 0 Å². The number of nitrogens with one attached hydrogen (secondary N) is 1. The SMILES string of the molecule is CC(N[C]=O)c1ccoc1. The van der Waals surface area contributed by atoms with Crippen LogP contribution in [-0.4, -0.2) is 6.41 Å². The quantitative estimate of drug-likeness (QED) is 0.633. The molecule has 0 saturated carbocycles. The van der Waals surface area contributed by atoms with Crippen molar-refractivity contribution in [1.29, 1.82) is 0 Å². The molecule has 0 aromatic carbocycles. The van der Waals surface area contributed by atoms with Crippen molar-refractivity contribution in [3.63, 3.8) is 0 Å². The zero-order valence-electron chi connectivity index (χ0n) is 5.63. The molecule has 1 aromatic heterocycles. The highest BCUT2D eigenvalue weighted by Crippen LogP contribution is 2.10. The minimum atomic E-state index is -0.0174. The van der Waals surface area contributed by atoms with Crippen molar-refractivity contribution in [2.24, 2.45) is 0 Å². The van der Waals surface area contributed by atoms with Gasteiger partial charge in [0, 0.05) is 5.56 Å². The van der Waals surface area contributed by atoms with Gasteiger partial charge >= 0.3 is 6.41 Å². The van der Waals surface area contributed by atoms with Crippen LogP contribution in [0.1, 0.15) is 18.5 Å². The smallest absolute Gasteiger partial charge is 0.309 e. The summed E-state index contributed by atoms with van der Waals surface area (Å²) in [5.74, 6) is 0. The first-order valence-corrected chi connectivity index (χ1v) is 2.99. The van der Waals surface area contributed by atoms with Gasteiger partial charge in [0.05, 0.1) is 18.6 Å². The molecule has 0 saturated heterocycles. The molecule has 1 heterocycles. The molecule has 53 valence electrons. The van der Waals surface area contributed by atoms with Gasteiger partial charge in [0.25, 0.3) is 0 Å². The molecule has 1 rings (SSSR count). The fraction of sp³-hybridized carbons (Fsp3) is 0.286. The van der Waals surface area contributed by atoms with Gasteiger partial charge in [-0.05, 0) is 13.0 Å². The summed E-state index contributed by atoms with van der Waals surface area (Å²) in [6.45, 7) is 1.86. The van der Waals surface area contributed by atoms with E-state index in [1.54, 1.807) is 25.0 Å². The van der Waals surface area contributed by atoms with Crippen LogP contribution in [0.4, 0.5) is 0 Å². The summed E-state index contributed by atoms with van der Waals surface area (Å²) in [5.41, 5.74) is 0.948. The van der Waals surface area contributed by atoms with Gasteiger partial charge in [0.15, 0.2) is 0 Å². The Balaban J connectivity index is 2.58. The molecule has 1 unspecified atom stereocenters. The molecule has 1 amide bonds. The second-order valence-corrected chi connectivity index (χ2v) is 2.02. The summed E-state index contributed by atoms with van der Waals surface area (Å²) >= 11 is 0. The lowest BCUT2D eigenvalue weighted by atomic mass is 10.2. The highest BCUT2D eigenvalue weighted by atomic mass is 16.3. The van der Waals surface area contributed by atoms with Crippen molar-refractivity contribution in [2.75, 3.05) is 0 Å². The van der Waals surface area contributed by atoms with E-state index in [2.05, 4.69) is 5.32 Å². The van der Waals surface area contributed by atoms with Gasteiger partial charge in [0.2, 0.25) is 0 Å². The van der Waals surface area contributed by atoms with E-state index in [-0.39, 0.29) is 6.04 Å². The number of amides is 1. The number of hydrogen-bond donors (Lipinski definition) is 1. The van der Waals surface area contributed by atoms with Crippen LogP contribution in [0.5, 0.6) is 0 Å². The first-order valence-electron chi connectivity index (χ1n) is 2.99. The van der Waals surface area contributed by atoms with Crippen LogP contribution >= 0.6 is 0 Å². The van der Waals surface area contributed by atoms with Gasteiger partial charge in [-0.2, -0.15) is 0 Å². The molecule has 0 spiro atoms. The number of furan rings is 1. The first kappa shape index (κ1) is 6.86. The molecular formula is C7H8NO2. The number of rotatable bonds is 3. The van der Waals surface area contributed by atoms with Crippen molar-refractivity contribution in [2.45, 2.75) is 13.0 Å². The van der Waals surface area contributed by atoms with Crippen molar-refractivity contribution in [3.8, 4) is 0 Å². The molecule has 1 atom stereocenters. The molecule has 0 fully saturated rings. The number of hydrogen-bond acceptors (Lipinski definition) is 2. The van der Waals surface area contributed by atoms with Crippen molar-refractivity contribution >= 4 is 6.41 Å². The molecule has 3 nitrogen and oxygen atoms in total. The van der Waals surface area contributed by atoms with Crippen LogP contribution in [0.3, 0.4) is 0 Å². The molecule has 0 aliphatic heterocycles. The van der Waals surface area contributed by atoms with Crippen LogP contribution in [-0.2, 0) is 4.79 Å². The van der Waals surface area contributed by atoms with E-state index in [0.717, 1.165) is 5.56 Å². The van der Waals surface area contributed by atoms with Crippen LogP contribution in [0.2, 0.25) is 0 Å². The highest BCUT2D eigenvalue weighted by Gasteiger charge is 2.03. The normalized spacial score (nSPS) is 12.5. The van der Waals surface area contributed by atoms with Crippen molar-refractivity contribution < 1.29 is 9.21 Å². The Kier molecular flexibility index (Phi) is 2.10. The summed E-state index contributed by atoms with van der Waals surface area (Å²) in [5, 5.41) is 2.48. The third-order valence-electron chi connectivity index (χ3n) is 1.32. The molecule has 1 radical (unpaired) electrons. The Morgan fingerprint density at radius 3 is 3.10 bits per heavy atom. The monoisotopic (exact) mass is 138 g/mol. The van der Waals surface area contributed by atoms with E-state index in [1.807, 2.05) is 6.92 Å². The van der Waals surface area contributed by atoms with Crippen molar-refractivity contribution in [1.82, 2.24) is 5.32 Å². The first-order chi connectivity index (χ1) is 4.84. The zero-order chi connectivity index (χ0) is 7.40. The molecule has 1 aromatic rings. The molecule has 0 bridgehead atoms. The molecule has 10 heavy (non-hydrogen) atoms. The lowest BCUT2D eigenvalue weighted by molar-refractivity contribution is 0.525. The van der Waals surface area contributed by atoms with Crippen LogP contribution < -0.4 is 5.32 Å². The second-order valence-electron chi connectivity index (χ2n) is 2.02. The standard InChI is InChI=1S/C7H8NO2/c1-6(8-5-9)7-2-3-10-4-7/h2-4,6H,1H3,(H,8,9). The van der Waals surface area contributed by atoms with E-state index >= 15 is 0 Å². The lowest BCUT2D eigenvalue weighted by Gasteiger charge is -2.03. The summed E-state index contributed by atoms with van der Waals surface area (Å²) < 4.78 is 4.81. The fourth-order valence-electron chi connectivity index (χ4n) is 0.693. The van der Waals surface area contributed by atoms with E-state index < -0.39 is 0 Å². The average molecular weight is 138 g/mol. The Bertz CT molecular complexity index is 193. The maximum absolute atomic E-state index is 9.84. The summed E-state index contributed by atoms with van der Waals surface area (Å²) in [6.07, 6.45) is 4.77. The zero-order valence-corrected chi connectivity index (χ0v) is 5.63. The van der Waals surface area contributed by atoms with Crippen LogP contribution in [0.15, 0.2) is 23.0 Å². The molecular weight excluding hydrogens is 130 g/mol. The highest BCUT2D eigenvalue weighted by molar-refractivity contribution is 5.48. The third-order valence-corrected chi connectivity index (χ3v) is 1.32. The van der Waals surface area contributed by atoms with Gasteiger partial charge < -0.3 is 9.73 Å².